The Morgan fingerprint density at radius 1 is 2.00 bits per heavy atom. The number of hydrogen-bond acceptors (Lipinski definition) is 4. The largest absolute Gasteiger partial charge is 0.466 e. The van der Waals surface area contributed by atoms with Crippen LogP contribution >= 0.6 is 0 Å². The van der Waals surface area contributed by atoms with Gasteiger partial charge in [-0.3, -0.25) is 4.84 Å². The van der Waals surface area contributed by atoms with Crippen molar-refractivity contribution < 1.29 is 14.4 Å². The molecule has 4 heteroatoms. The second kappa shape index (κ2) is 1.48. The Morgan fingerprint density at radius 3 is 2.71 bits per heavy atom. The first-order chi connectivity index (χ1) is 3.34. The molecular weight excluding hydrogens is 98.0 g/mol. The molecule has 1 aliphatic heterocycles. The first-order valence-corrected chi connectivity index (χ1v) is 1.83. The van der Waals surface area contributed by atoms with Gasteiger partial charge in [0.1, 0.15) is 0 Å². The number of hydrogen-bond donors (Lipinski definition) is 1. The highest BCUT2D eigenvalue weighted by Crippen LogP contribution is 1.99. The minimum Gasteiger partial charge on any atom is -0.466 e. The molecule has 0 aromatic carbocycles. The fourth-order valence-corrected chi connectivity index (χ4v) is 0.237. The minimum absolute atomic E-state index is 0.375. The number of carbonyl (C=O) groups is 1. The van der Waals surface area contributed by atoms with Crippen molar-refractivity contribution in [1.29, 1.82) is 0 Å². The molecule has 7 heavy (non-hydrogen) atoms. The summed E-state index contributed by atoms with van der Waals surface area (Å²) in [7, 11) is 1.31. The molecule has 1 atom stereocenters. The third kappa shape index (κ3) is 0.880. The van der Waals surface area contributed by atoms with E-state index in [0.717, 1.165) is 0 Å². The van der Waals surface area contributed by atoms with Crippen LogP contribution in [0.5, 0.6) is 0 Å². The normalized spacial score (nSPS) is 26.7. The maximum absolute atomic E-state index is 10.2. The lowest BCUT2D eigenvalue weighted by molar-refractivity contribution is -0.142. The Hall–Kier alpha value is -0.610. The van der Waals surface area contributed by atoms with Gasteiger partial charge in [-0.2, -0.15) is 5.48 Å². The molecule has 0 spiro atoms. The average Bonchev–Trinajstić information content (AvgIpc) is 2.44. The van der Waals surface area contributed by atoms with Crippen LogP contribution in [-0.2, 0) is 14.4 Å². The van der Waals surface area contributed by atoms with E-state index in [9.17, 15) is 4.79 Å². The summed E-state index contributed by atoms with van der Waals surface area (Å²) in [5.41, 5.74) is 2.31. The fourth-order valence-electron chi connectivity index (χ4n) is 0.237. The maximum Gasteiger partial charge on any atom is 0.354 e. The van der Waals surface area contributed by atoms with Crippen molar-refractivity contribution in [3.05, 3.63) is 0 Å². The van der Waals surface area contributed by atoms with Crippen LogP contribution in [0.3, 0.4) is 0 Å². The SMILES string of the molecule is COC(=O)C1NO1. The first-order valence-electron chi connectivity index (χ1n) is 1.83. The van der Waals surface area contributed by atoms with E-state index in [0.29, 0.717) is 0 Å². The van der Waals surface area contributed by atoms with E-state index >= 15 is 0 Å². The molecule has 1 N–H and O–H groups in total. The average molecular weight is 103 g/mol. The third-order valence-corrected chi connectivity index (χ3v) is 0.651. The van der Waals surface area contributed by atoms with Gasteiger partial charge in [-0.05, 0) is 0 Å². The number of nitrogens with one attached hydrogen (secondary N) is 1. The summed E-state index contributed by atoms with van der Waals surface area (Å²) < 4.78 is 4.25. The van der Waals surface area contributed by atoms with Gasteiger partial charge in [0, 0.05) is 0 Å². The monoisotopic (exact) mass is 103 g/mol. The van der Waals surface area contributed by atoms with Gasteiger partial charge in [-0.25, -0.2) is 4.79 Å². The van der Waals surface area contributed by atoms with Gasteiger partial charge in [0.2, 0.25) is 6.23 Å². The van der Waals surface area contributed by atoms with Gasteiger partial charge in [0.05, 0.1) is 7.11 Å². The summed E-state index contributed by atoms with van der Waals surface area (Å²) in [5.74, 6) is -0.375. The van der Waals surface area contributed by atoms with Crippen molar-refractivity contribution in [1.82, 2.24) is 5.48 Å². The van der Waals surface area contributed by atoms with E-state index < -0.39 is 6.23 Å². The molecule has 1 saturated heterocycles. The van der Waals surface area contributed by atoms with Gasteiger partial charge in [-0.1, -0.05) is 0 Å². The summed E-state index contributed by atoms with van der Waals surface area (Å²) in [6, 6.07) is 0. The highest BCUT2D eigenvalue weighted by molar-refractivity contribution is 5.75. The van der Waals surface area contributed by atoms with Gasteiger partial charge >= 0.3 is 5.97 Å². The van der Waals surface area contributed by atoms with E-state index in [1.165, 1.54) is 7.11 Å². The van der Waals surface area contributed by atoms with E-state index in [4.69, 9.17) is 0 Å². The number of methoxy groups -OCH3 is 1. The highest BCUT2D eigenvalue weighted by atomic mass is 16.8. The molecule has 1 unspecified atom stereocenters. The summed E-state index contributed by atoms with van der Waals surface area (Å²) in [5, 5.41) is 0. The second-order valence-corrected chi connectivity index (χ2v) is 1.14. The Kier molecular flexibility index (Phi) is 0.958. The van der Waals surface area contributed by atoms with Crippen molar-refractivity contribution in [3.63, 3.8) is 0 Å². The third-order valence-electron chi connectivity index (χ3n) is 0.651. The quantitative estimate of drug-likeness (QED) is 0.342. The predicted octanol–water partition coefficient (Wildman–Crippen LogP) is -0.980. The van der Waals surface area contributed by atoms with Gasteiger partial charge < -0.3 is 4.74 Å². The molecule has 0 aromatic heterocycles. The van der Waals surface area contributed by atoms with Crippen LogP contribution in [0.1, 0.15) is 0 Å². The summed E-state index contributed by atoms with van der Waals surface area (Å²) in [6.45, 7) is 0. The summed E-state index contributed by atoms with van der Waals surface area (Å²) >= 11 is 0. The molecule has 0 saturated carbocycles. The molecule has 0 aliphatic carbocycles. The number of ether oxygens (including phenoxy) is 1. The van der Waals surface area contributed by atoms with Gasteiger partial charge in [0.15, 0.2) is 0 Å². The molecular formula is C3H5NO3. The van der Waals surface area contributed by atoms with E-state index in [1.807, 2.05) is 0 Å². The molecule has 0 aromatic rings. The Bertz CT molecular complexity index is 88.2. The van der Waals surface area contributed by atoms with Crippen molar-refractivity contribution in [3.8, 4) is 0 Å². The molecule has 4 nitrogen and oxygen atoms in total. The summed E-state index contributed by atoms with van der Waals surface area (Å²) in [4.78, 5) is 14.5. The molecule has 1 rings (SSSR count). The van der Waals surface area contributed by atoms with E-state index in [2.05, 4.69) is 15.1 Å². The lowest BCUT2D eigenvalue weighted by atomic mass is 10.7. The molecule has 1 fully saturated rings. The van der Waals surface area contributed by atoms with Crippen molar-refractivity contribution in [2.75, 3.05) is 7.11 Å². The van der Waals surface area contributed by atoms with Crippen LogP contribution in [0, 0.1) is 0 Å². The standard InChI is InChI=1S/C3H5NO3/c1-6-3(5)2-4-7-2/h2,4H,1H3. The highest BCUT2D eigenvalue weighted by Gasteiger charge is 2.31. The van der Waals surface area contributed by atoms with E-state index in [1.54, 1.807) is 0 Å². The predicted molar refractivity (Wildman–Crippen MR) is 20.0 cm³/mol. The zero-order chi connectivity index (χ0) is 5.28. The number of carbonyl (C=O) groups excluding carboxylic acids is 1. The molecule has 0 amide bonds. The van der Waals surface area contributed by atoms with Gasteiger partial charge in [0.25, 0.3) is 0 Å². The van der Waals surface area contributed by atoms with Crippen LogP contribution in [0.4, 0.5) is 0 Å². The van der Waals surface area contributed by atoms with Crippen LogP contribution < -0.4 is 5.48 Å². The molecule has 1 heterocycles. The van der Waals surface area contributed by atoms with Crippen LogP contribution in [0.2, 0.25) is 0 Å². The number of hydroxylamine groups is 1. The molecule has 0 bridgehead atoms. The first kappa shape index (κ1) is 4.55. The summed E-state index contributed by atoms with van der Waals surface area (Å²) in [6.07, 6.45) is -0.495. The van der Waals surface area contributed by atoms with Crippen molar-refractivity contribution in [2.24, 2.45) is 0 Å². The smallest absolute Gasteiger partial charge is 0.354 e. The maximum atomic E-state index is 10.2. The number of rotatable bonds is 1. The van der Waals surface area contributed by atoms with Crippen LogP contribution in [0.15, 0.2) is 0 Å². The lowest BCUT2D eigenvalue weighted by Gasteiger charge is -1.85. The molecule has 40 valence electrons. The molecule has 0 radical (unpaired) electrons. The minimum atomic E-state index is -0.495. The Balaban J connectivity index is 2.24. The van der Waals surface area contributed by atoms with Crippen molar-refractivity contribution >= 4 is 5.97 Å². The Labute approximate surface area is 40.4 Å². The topological polar surface area (TPSA) is 60.8 Å². The number of esters is 1. The fraction of sp³-hybridized carbons (Fsp3) is 0.667. The van der Waals surface area contributed by atoms with E-state index in [-0.39, 0.29) is 5.97 Å². The van der Waals surface area contributed by atoms with Gasteiger partial charge in [-0.15, -0.1) is 0 Å². The lowest BCUT2D eigenvalue weighted by Crippen LogP contribution is -2.10. The zero-order valence-electron chi connectivity index (χ0n) is 3.80. The zero-order valence-corrected chi connectivity index (χ0v) is 3.80. The van der Waals surface area contributed by atoms with Crippen LogP contribution in [0.25, 0.3) is 0 Å². The molecule has 1 aliphatic rings. The Morgan fingerprint density at radius 2 is 2.57 bits per heavy atom. The van der Waals surface area contributed by atoms with Crippen molar-refractivity contribution in [2.45, 2.75) is 6.23 Å². The second-order valence-electron chi connectivity index (χ2n) is 1.14. The van der Waals surface area contributed by atoms with Crippen LogP contribution in [-0.4, -0.2) is 19.3 Å².